The third-order valence-corrected chi connectivity index (χ3v) is 6.20. The maximum absolute atomic E-state index is 12.9. The average molecular weight is 454 g/mol. The maximum Gasteiger partial charge on any atom is 0.242 e. The van der Waals surface area contributed by atoms with Crippen molar-refractivity contribution in [3.63, 3.8) is 0 Å². The summed E-state index contributed by atoms with van der Waals surface area (Å²) in [5.74, 6) is 1.52. The average Bonchev–Trinajstić information content (AvgIpc) is 2.86. The van der Waals surface area contributed by atoms with Crippen LogP contribution in [-0.2, 0) is 9.59 Å². The Bertz CT molecular complexity index is 922. The first-order valence-electron chi connectivity index (χ1n) is 11.6. The van der Waals surface area contributed by atoms with Gasteiger partial charge in [-0.25, -0.2) is 0 Å². The van der Waals surface area contributed by atoms with E-state index in [0.29, 0.717) is 26.2 Å². The van der Waals surface area contributed by atoms with E-state index in [2.05, 4.69) is 15.1 Å². The summed E-state index contributed by atoms with van der Waals surface area (Å²) in [6.45, 7) is 10.5. The van der Waals surface area contributed by atoms with Crippen molar-refractivity contribution in [2.75, 3.05) is 44.7 Å². The van der Waals surface area contributed by atoms with Crippen molar-refractivity contribution in [2.45, 2.75) is 40.2 Å². The summed E-state index contributed by atoms with van der Waals surface area (Å²) in [4.78, 5) is 31.2. The second kappa shape index (κ2) is 11.1. The van der Waals surface area contributed by atoms with Gasteiger partial charge in [-0.05, 0) is 49.7 Å². The monoisotopic (exact) mass is 453 g/mol. The van der Waals surface area contributed by atoms with Gasteiger partial charge in [0, 0.05) is 43.7 Å². The van der Waals surface area contributed by atoms with E-state index in [9.17, 15) is 9.59 Å². The fraction of sp³-hybridized carbons (Fsp3) is 0.520. The number of amides is 2. The third kappa shape index (κ3) is 6.00. The molecule has 1 aliphatic heterocycles. The molecule has 0 saturated carbocycles. The number of piperazine rings is 1. The molecular formula is C25H35N5O3. The van der Waals surface area contributed by atoms with Crippen LogP contribution in [-0.4, -0.2) is 77.7 Å². The molecule has 3 rings (SSSR count). The van der Waals surface area contributed by atoms with E-state index in [4.69, 9.17) is 4.74 Å². The molecule has 0 bridgehead atoms. The summed E-state index contributed by atoms with van der Waals surface area (Å²) < 4.78 is 5.20. The van der Waals surface area contributed by atoms with Crippen LogP contribution in [0.25, 0.3) is 11.3 Å². The molecule has 0 radical (unpaired) electrons. The van der Waals surface area contributed by atoms with E-state index in [1.165, 1.54) is 0 Å². The molecule has 8 nitrogen and oxygen atoms in total. The lowest BCUT2D eigenvalue weighted by atomic mass is 10.1. The molecule has 2 aromatic rings. The summed E-state index contributed by atoms with van der Waals surface area (Å²) in [6, 6.07) is 11.7. The second-order valence-corrected chi connectivity index (χ2v) is 8.75. The fourth-order valence-electron chi connectivity index (χ4n) is 3.84. The molecule has 1 aliphatic rings. The molecule has 8 heteroatoms. The maximum atomic E-state index is 12.9. The molecule has 178 valence electrons. The zero-order chi connectivity index (χ0) is 24.0. The largest absolute Gasteiger partial charge is 0.497 e. The van der Waals surface area contributed by atoms with Crippen molar-refractivity contribution in [3.05, 3.63) is 36.4 Å². The van der Waals surface area contributed by atoms with Gasteiger partial charge in [0.1, 0.15) is 5.75 Å². The number of ether oxygens (including phenoxy) is 1. The first kappa shape index (κ1) is 24.5. The first-order valence-corrected chi connectivity index (χ1v) is 11.6. The highest BCUT2D eigenvalue weighted by Crippen LogP contribution is 2.22. The number of carbonyl (C=O) groups is 2. The van der Waals surface area contributed by atoms with E-state index in [0.717, 1.165) is 29.2 Å². The number of benzene rings is 1. The van der Waals surface area contributed by atoms with E-state index in [1.807, 2.05) is 69.0 Å². The number of hydrogen-bond donors (Lipinski definition) is 0. The van der Waals surface area contributed by atoms with Crippen LogP contribution in [0.5, 0.6) is 5.75 Å². The number of aromatic nitrogens is 2. The summed E-state index contributed by atoms with van der Waals surface area (Å²) in [5, 5.41) is 8.79. The van der Waals surface area contributed by atoms with Gasteiger partial charge in [-0.2, -0.15) is 0 Å². The molecule has 1 aromatic heterocycles. The Morgan fingerprint density at radius 2 is 1.67 bits per heavy atom. The molecule has 1 fully saturated rings. The van der Waals surface area contributed by atoms with Crippen LogP contribution < -0.4 is 9.64 Å². The van der Waals surface area contributed by atoms with E-state index in [-0.39, 0.29) is 30.3 Å². The Morgan fingerprint density at radius 1 is 1.00 bits per heavy atom. The third-order valence-electron chi connectivity index (χ3n) is 6.20. The molecule has 0 aliphatic carbocycles. The highest BCUT2D eigenvalue weighted by molar-refractivity contribution is 5.86. The second-order valence-electron chi connectivity index (χ2n) is 8.75. The summed E-state index contributed by atoms with van der Waals surface area (Å²) in [7, 11) is 1.64. The van der Waals surface area contributed by atoms with Crippen molar-refractivity contribution >= 4 is 17.6 Å². The molecule has 1 aromatic carbocycles. The Balaban J connectivity index is 1.57. The first-order chi connectivity index (χ1) is 15.8. The van der Waals surface area contributed by atoms with Gasteiger partial charge in [-0.15, -0.1) is 10.2 Å². The number of hydrogen-bond acceptors (Lipinski definition) is 6. The number of carbonyl (C=O) groups excluding carboxylic acids is 2. The van der Waals surface area contributed by atoms with Gasteiger partial charge >= 0.3 is 0 Å². The number of rotatable bonds is 8. The SMILES string of the molecule is CC[C@H](C)N(CC(=O)N1CCN(c2ccc(-c3ccc(OC)cc3)nn2)CC1)C(=O)C(C)C. The Kier molecular flexibility index (Phi) is 8.25. The lowest BCUT2D eigenvalue weighted by Gasteiger charge is -2.37. The van der Waals surface area contributed by atoms with Gasteiger partial charge < -0.3 is 19.4 Å². The summed E-state index contributed by atoms with van der Waals surface area (Å²) >= 11 is 0. The topological polar surface area (TPSA) is 78.9 Å². The Morgan fingerprint density at radius 3 is 2.18 bits per heavy atom. The zero-order valence-electron chi connectivity index (χ0n) is 20.3. The van der Waals surface area contributed by atoms with Crippen molar-refractivity contribution in [2.24, 2.45) is 5.92 Å². The summed E-state index contributed by atoms with van der Waals surface area (Å²) in [5.41, 5.74) is 1.78. The summed E-state index contributed by atoms with van der Waals surface area (Å²) in [6.07, 6.45) is 0.824. The zero-order valence-corrected chi connectivity index (χ0v) is 20.3. The van der Waals surface area contributed by atoms with Gasteiger partial charge in [0.25, 0.3) is 0 Å². The molecule has 0 unspecified atom stereocenters. The molecule has 1 saturated heterocycles. The number of methoxy groups -OCH3 is 1. The molecule has 33 heavy (non-hydrogen) atoms. The van der Waals surface area contributed by atoms with Crippen LogP contribution in [0.1, 0.15) is 34.1 Å². The minimum atomic E-state index is -0.122. The highest BCUT2D eigenvalue weighted by atomic mass is 16.5. The van der Waals surface area contributed by atoms with Crippen molar-refractivity contribution in [1.82, 2.24) is 20.0 Å². The Labute approximate surface area is 196 Å². The van der Waals surface area contributed by atoms with Crippen LogP contribution in [0, 0.1) is 5.92 Å². The minimum absolute atomic E-state index is 0.00453. The van der Waals surface area contributed by atoms with Gasteiger partial charge in [0.05, 0.1) is 19.3 Å². The quantitative estimate of drug-likeness (QED) is 0.611. The molecule has 2 heterocycles. The van der Waals surface area contributed by atoms with E-state index in [1.54, 1.807) is 12.0 Å². The van der Waals surface area contributed by atoms with Gasteiger partial charge in [-0.1, -0.05) is 20.8 Å². The van der Waals surface area contributed by atoms with Crippen LogP contribution in [0.2, 0.25) is 0 Å². The van der Waals surface area contributed by atoms with Crippen molar-refractivity contribution in [1.29, 1.82) is 0 Å². The predicted octanol–water partition coefficient (Wildman–Crippen LogP) is 3.08. The van der Waals surface area contributed by atoms with Crippen LogP contribution in [0.4, 0.5) is 5.82 Å². The van der Waals surface area contributed by atoms with Crippen molar-refractivity contribution < 1.29 is 14.3 Å². The number of nitrogens with zero attached hydrogens (tertiary/aromatic N) is 5. The van der Waals surface area contributed by atoms with Crippen LogP contribution in [0.15, 0.2) is 36.4 Å². The molecular weight excluding hydrogens is 418 g/mol. The molecule has 2 amide bonds. The molecule has 1 atom stereocenters. The van der Waals surface area contributed by atoms with E-state index < -0.39 is 0 Å². The standard InChI is InChI=1S/C25H35N5O3/c1-6-19(4)30(25(32)18(2)3)17-24(31)29-15-13-28(14-16-29)23-12-11-22(26-27-23)20-7-9-21(33-5)10-8-20/h7-12,18-19H,6,13-17H2,1-5H3/t19-/m0/s1. The smallest absolute Gasteiger partial charge is 0.242 e. The predicted molar refractivity (Wildman–Crippen MR) is 129 cm³/mol. The lowest BCUT2D eigenvalue weighted by Crippen LogP contribution is -2.53. The normalized spacial score (nSPS) is 14.8. The van der Waals surface area contributed by atoms with Crippen molar-refractivity contribution in [3.8, 4) is 17.0 Å². The minimum Gasteiger partial charge on any atom is -0.497 e. The van der Waals surface area contributed by atoms with Crippen LogP contribution >= 0.6 is 0 Å². The molecule has 0 N–H and O–H groups in total. The fourth-order valence-corrected chi connectivity index (χ4v) is 3.84. The van der Waals surface area contributed by atoms with Gasteiger partial charge in [0.15, 0.2) is 5.82 Å². The number of anilines is 1. The van der Waals surface area contributed by atoms with Gasteiger partial charge in [0.2, 0.25) is 11.8 Å². The molecule has 0 spiro atoms. The Hall–Kier alpha value is -3.16. The van der Waals surface area contributed by atoms with E-state index >= 15 is 0 Å². The van der Waals surface area contributed by atoms with Crippen LogP contribution in [0.3, 0.4) is 0 Å². The van der Waals surface area contributed by atoms with Gasteiger partial charge in [-0.3, -0.25) is 9.59 Å². The lowest BCUT2D eigenvalue weighted by molar-refractivity contribution is -0.144. The highest BCUT2D eigenvalue weighted by Gasteiger charge is 2.28.